The van der Waals surface area contributed by atoms with Crippen molar-refractivity contribution in [3.8, 4) is 23.8 Å². The first kappa shape index (κ1) is 23.5. The first-order chi connectivity index (χ1) is 17.1. The van der Waals surface area contributed by atoms with Gasteiger partial charge >= 0.3 is 0 Å². The lowest BCUT2D eigenvalue weighted by atomic mass is 9.76. The van der Waals surface area contributed by atoms with E-state index >= 15 is 0 Å². The van der Waals surface area contributed by atoms with E-state index in [0.717, 1.165) is 21.2 Å². The van der Waals surface area contributed by atoms with Crippen LogP contribution in [0.1, 0.15) is 40.6 Å². The molecule has 0 saturated heterocycles. The van der Waals surface area contributed by atoms with Crippen LogP contribution in [0.3, 0.4) is 0 Å². The molecule has 1 aliphatic heterocycles. The van der Waals surface area contributed by atoms with E-state index in [2.05, 4.69) is 95.4 Å². The number of hydrogen-bond donors (Lipinski definition) is 1. The van der Waals surface area contributed by atoms with Crippen LogP contribution in [0.15, 0.2) is 71.7 Å². The Hall–Kier alpha value is -3.24. The third kappa shape index (κ3) is 4.81. The van der Waals surface area contributed by atoms with Gasteiger partial charge in [-0.25, -0.2) is 0 Å². The Labute approximate surface area is 220 Å². The molecule has 3 aromatic carbocycles. The van der Waals surface area contributed by atoms with Crippen LogP contribution in [-0.2, 0) is 0 Å². The summed E-state index contributed by atoms with van der Waals surface area (Å²) in [6.07, 6.45) is 13.0. The van der Waals surface area contributed by atoms with Crippen LogP contribution in [0.25, 0.3) is 0 Å². The van der Waals surface area contributed by atoms with Crippen molar-refractivity contribution in [2.45, 2.75) is 25.3 Å². The van der Waals surface area contributed by atoms with Crippen molar-refractivity contribution in [3.05, 3.63) is 92.6 Å². The molecule has 0 amide bonds. The second-order valence-corrected chi connectivity index (χ2v) is 10.1. The predicted octanol–water partition coefficient (Wildman–Crippen LogP) is 7.20. The summed E-state index contributed by atoms with van der Waals surface area (Å²) in [6.45, 7) is 2.36. The molecule has 0 bridgehead atoms. The molecular formula is C30H27IN2O2. The monoisotopic (exact) mass is 574 g/mol. The molecule has 0 saturated carbocycles. The molecule has 0 unspecified atom stereocenters. The Morgan fingerprint density at radius 1 is 1.17 bits per heavy atom. The quantitative estimate of drug-likeness (QED) is 0.147. The van der Waals surface area contributed by atoms with Crippen LogP contribution in [0.5, 0.6) is 11.5 Å². The molecule has 0 radical (unpaired) electrons. The van der Waals surface area contributed by atoms with Gasteiger partial charge in [0.05, 0.1) is 22.4 Å². The van der Waals surface area contributed by atoms with Crippen LogP contribution >= 0.6 is 22.6 Å². The van der Waals surface area contributed by atoms with Gasteiger partial charge in [0.15, 0.2) is 11.5 Å². The molecule has 2 aliphatic rings. The number of terminal acetylenes is 1. The number of fused-ring (bicyclic) bond motifs is 3. The lowest BCUT2D eigenvalue weighted by Crippen LogP contribution is -2.29. The van der Waals surface area contributed by atoms with Gasteiger partial charge in [-0.2, -0.15) is 0 Å². The number of methoxy groups -OCH3 is 1. The Bertz CT molecular complexity index is 1340. The Balaban J connectivity index is 1.35. The summed E-state index contributed by atoms with van der Waals surface area (Å²) >= 11 is 2.22. The van der Waals surface area contributed by atoms with E-state index in [0.29, 0.717) is 23.3 Å². The zero-order chi connectivity index (χ0) is 24.4. The van der Waals surface area contributed by atoms with Crippen molar-refractivity contribution < 1.29 is 9.47 Å². The van der Waals surface area contributed by atoms with Gasteiger partial charge in [-0.1, -0.05) is 47.9 Å². The number of aliphatic imine (C=N–C) groups is 1. The largest absolute Gasteiger partial charge is 0.493 e. The van der Waals surface area contributed by atoms with Crippen molar-refractivity contribution in [3.63, 3.8) is 0 Å². The highest BCUT2D eigenvalue weighted by Crippen LogP contribution is 2.50. The number of hydrogen-bond acceptors (Lipinski definition) is 4. The van der Waals surface area contributed by atoms with Gasteiger partial charge in [0.25, 0.3) is 0 Å². The standard InChI is InChI=1S/C30H27IN2O2/c1-4-14-35-30-26(31)16-20(17-28(30)34-3)18-32-22-11-9-21(10-12-22)29-24-7-5-6-23(24)25-15-19(2)8-13-27(25)33-29/h1,5-6,8-13,15-18,23-24,29,33H,7,14H2,2-3H3/t23-,24+,29-/m0/s1. The summed E-state index contributed by atoms with van der Waals surface area (Å²) in [4.78, 5) is 4.69. The van der Waals surface area contributed by atoms with Gasteiger partial charge < -0.3 is 14.8 Å². The summed E-state index contributed by atoms with van der Waals surface area (Å²) < 4.78 is 12.0. The van der Waals surface area contributed by atoms with Gasteiger partial charge in [-0.05, 0) is 88.9 Å². The van der Waals surface area contributed by atoms with Crippen molar-refractivity contribution >= 4 is 40.2 Å². The van der Waals surface area contributed by atoms with Gasteiger partial charge in [0, 0.05) is 17.8 Å². The lowest BCUT2D eigenvalue weighted by molar-refractivity contribution is 0.328. The fourth-order valence-corrected chi connectivity index (χ4v) is 5.81. The van der Waals surface area contributed by atoms with Crippen LogP contribution in [0.4, 0.5) is 11.4 Å². The third-order valence-electron chi connectivity index (χ3n) is 6.68. The number of aryl methyl sites for hydroxylation is 1. The smallest absolute Gasteiger partial charge is 0.175 e. The van der Waals surface area contributed by atoms with E-state index in [4.69, 9.17) is 20.9 Å². The number of nitrogens with one attached hydrogen (secondary N) is 1. The highest BCUT2D eigenvalue weighted by molar-refractivity contribution is 14.1. The molecule has 4 nitrogen and oxygen atoms in total. The van der Waals surface area contributed by atoms with E-state index in [9.17, 15) is 0 Å². The first-order valence-corrected chi connectivity index (χ1v) is 12.8. The zero-order valence-corrected chi connectivity index (χ0v) is 22.0. The number of nitrogens with zero attached hydrogens (tertiary/aromatic N) is 1. The Kier molecular flexibility index (Phi) is 6.83. The topological polar surface area (TPSA) is 42.8 Å². The van der Waals surface area contributed by atoms with Crippen molar-refractivity contribution in [1.29, 1.82) is 0 Å². The van der Waals surface area contributed by atoms with Crippen LogP contribution in [0.2, 0.25) is 0 Å². The molecule has 5 heteroatoms. The third-order valence-corrected chi connectivity index (χ3v) is 7.49. The highest BCUT2D eigenvalue weighted by atomic mass is 127. The van der Waals surface area contributed by atoms with Crippen molar-refractivity contribution in [2.24, 2.45) is 10.9 Å². The number of rotatable bonds is 6. The van der Waals surface area contributed by atoms with E-state index in [1.54, 1.807) is 7.11 Å². The summed E-state index contributed by atoms with van der Waals surface area (Å²) in [7, 11) is 1.62. The molecule has 0 fully saturated rings. The molecule has 1 heterocycles. The summed E-state index contributed by atoms with van der Waals surface area (Å²) in [6, 6.07) is 19.5. The van der Waals surface area contributed by atoms with E-state index in [-0.39, 0.29) is 12.6 Å². The average Bonchev–Trinajstić information content (AvgIpc) is 3.37. The Morgan fingerprint density at radius 3 is 2.77 bits per heavy atom. The lowest BCUT2D eigenvalue weighted by Gasteiger charge is -2.37. The molecule has 0 spiro atoms. The van der Waals surface area contributed by atoms with E-state index in [1.165, 1.54) is 22.4 Å². The minimum atomic E-state index is 0.199. The number of benzene rings is 3. The van der Waals surface area contributed by atoms with Gasteiger partial charge in [-0.3, -0.25) is 4.99 Å². The molecule has 3 atom stereocenters. The van der Waals surface area contributed by atoms with Crippen LogP contribution < -0.4 is 14.8 Å². The van der Waals surface area contributed by atoms with Crippen LogP contribution in [0, 0.1) is 28.8 Å². The molecule has 1 N–H and O–H groups in total. The van der Waals surface area contributed by atoms with Gasteiger partial charge in [-0.15, -0.1) is 6.42 Å². The SMILES string of the molecule is C#CCOc1c(I)cc(C=Nc2ccc([C@@H]3Nc4ccc(C)cc4[C@H]4C=CC[C@H]43)cc2)cc1OC. The molecular weight excluding hydrogens is 547 g/mol. The summed E-state index contributed by atoms with van der Waals surface area (Å²) in [5, 5.41) is 3.81. The maximum Gasteiger partial charge on any atom is 0.175 e. The normalized spacial score (nSPS) is 20.1. The molecule has 176 valence electrons. The van der Waals surface area contributed by atoms with Gasteiger partial charge in [0.1, 0.15) is 6.61 Å². The highest BCUT2D eigenvalue weighted by Gasteiger charge is 2.37. The number of halogens is 1. The second kappa shape index (κ2) is 10.2. The second-order valence-electron chi connectivity index (χ2n) is 8.94. The fraction of sp³-hybridized carbons (Fsp3) is 0.233. The molecule has 35 heavy (non-hydrogen) atoms. The van der Waals surface area contributed by atoms with E-state index in [1.807, 2.05) is 18.3 Å². The minimum Gasteiger partial charge on any atom is -0.493 e. The van der Waals surface area contributed by atoms with Crippen molar-refractivity contribution in [1.82, 2.24) is 0 Å². The summed E-state index contributed by atoms with van der Waals surface area (Å²) in [5.41, 5.74) is 7.11. The first-order valence-electron chi connectivity index (χ1n) is 11.7. The maximum absolute atomic E-state index is 5.63. The number of allylic oxidation sites excluding steroid dienone is 2. The summed E-state index contributed by atoms with van der Waals surface area (Å²) in [5.74, 6) is 4.79. The molecule has 5 rings (SSSR count). The van der Waals surface area contributed by atoms with Gasteiger partial charge in [0.2, 0.25) is 0 Å². The average molecular weight is 574 g/mol. The Morgan fingerprint density at radius 2 is 2.00 bits per heavy atom. The fourth-order valence-electron chi connectivity index (χ4n) is 5.03. The van der Waals surface area contributed by atoms with E-state index < -0.39 is 0 Å². The molecule has 1 aliphatic carbocycles. The maximum atomic E-state index is 5.63. The minimum absolute atomic E-state index is 0.199. The van der Waals surface area contributed by atoms with Crippen LogP contribution in [-0.4, -0.2) is 19.9 Å². The zero-order valence-electron chi connectivity index (χ0n) is 19.8. The number of ether oxygens (including phenoxy) is 2. The number of anilines is 1. The predicted molar refractivity (Wildman–Crippen MR) is 151 cm³/mol. The molecule has 0 aromatic heterocycles. The van der Waals surface area contributed by atoms with Crippen molar-refractivity contribution in [2.75, 3.05) is 19.0 Å². The molecule has 3 aromatic rings.